The summed E-state index contributed by atoms with van der Waals surface area (Å²) < 4.78 is 24.8. The van der Waals surface area contributed by atoms with Crippen LogP contribution in [0.3, 0.4) is 0 Å². The molecular formula is C21H19FN2O5S. The smallest absolute Gasteiger partial charge is 0.323 e. The molecule has 30 heavy (non-hydrogen) atoms. The van der Waals surface area contributed by atoms with Gasteiger partial charge in [-0.25, -0.2) is 4.39 Å². The topological polar surface area (TPSA) is 108 Å². The van der Waals surface area contributed by atoms with E-state index in [0.717, 1.165) is 17.3 Å². The molecule has 1 heterocycles. The number of amides is 2. The van der Waals surface area contributed by atoms with Gasteiger partial charge in [0.1, 0.15) is 11.8 Å². The lowest BCUT2D eigenvalue weighted by Gasteiger charge is -2.11. The predicted octanol–water partition coefficient (Wildman–Crippen LogP) is 3.37. The van der Waals surface area contributed by atoms with Gasteiger partial charge < -0.3 is 15.2 Å². The van der Waals surface area contributed by atoms with Gasteiger partial charge in [-0.2, -0.15) is 0 Å². The van der Waals surface area contributed by atoms with Crippen LogP contribution in [0.15, 0.2) is 47.4 Å². The van der Waals surface area contributed by atoms with Gasteiger partial charge in [0.2, 0.25) is 0 Å². The Morgan fingerprint density at radius 2 is 1.97 bits per heavy atom. The van der Waals surface area contributed by atoms with E-state index >= 15 is 0 Å². The van der Waals surface area contributed by atoms with Crippen LogP contribution in [0.25, 0.3) is 6.08 Å². The quantitative estimate of drug-likeness (QED) is 0.512. The van der Waals surface area contributed by atoms with Crippen LogP contribution in [0.5, 0.6) is 11.5 Å². The molecule has 1 atom stereocenters. The van der Waals surface area contributed by atoms with Crippen molar-refractivity contribution in [3.05, 3.63) is 64.3 Å². The molecule has 0 radical (unpaired) electrons. The van der Waals surface area contributed by atoms with Crippen LogP contribution < -0.4 is 15.8 Å². The Hall–Kier alpha value is -3.17. The molecule has 156 valence electrons. The largest absolute Gasteiger partial charge is 0.465 e. The fourth-order valence-corrected chi connectivity index (χ4v) is 3.35. The first kappa shape index (κ1) is 21.5. The molecule has 0 aliphatic carbocycles. The summed E-state index contributed by atoms with van der Waals surface area (Å²) in [4.78, 5) is 34.6. The number of imide groups is 1. The number of rotatable bonds is 7. The van der Waals surface area contributed by atoms with E-state index in [2.05, 4.69) is 5.32 Å². The van der Waals surface area contributed by atoms with Gasteiger partial charge in [-0.1, -0.05) is 18.2 Å². The maximum Gasteiger partial charge on any atom is 0.323 e. The van der Waals surface area contributed by atoms with Crippen LogP contribution in [0.4, 0.5) is 9.18 Å². The second-order valence-electron chi connectivity index (χ2n) is 6.35. The Kier molecular flexibility index (Phi) is 6.86. The lowest BCUT2D eigenvalue weighted by Crippen LogP contribution is -2.34. The van der Waals surface area contributed by atoms with Crippen molar-refractivity contribution in [3.8, 4) is 11.5 Å². The van der Waals surface area contributed by atoms with Crippen molar-refractivity contribution in [1.29, 1.82) is 0 Å². The highest BCUT2D eigenvalue weighted by molar-refractivity contribution is 8.18. The van der Waals surface area contributed by atoms with Gasteiger partial charge >= 0.3 is 5.97 Å². The molecule has 1 unspecified atom stereocenters. The molecule has 1 aliphatic heterocycles. The number of thioether (sulfide) groups is 1. The summed E-state index contributed by atoms with van der Waals surface area (Å²) >= 11 is 0.761. The molecule has 3 N–H and O–H groups in total. The van der Waals surface area contributed by atoms with Gasteiger partial charge in [-0.3, -0.25) is 19.7 Å². The number of esters is 1. The summed E-state index contributed by atoms with van der Waals surface area (Å²) in [6.45, 7) is 1.98. The summed E-state index contributed by atoms with van der Waals surface area (Å²) in [5.41, 5.74) is 7.04. The van der Waals surface area contributed by atoms with E-state index in [4.69, 9.17) is 15.2 Å². The summed E-state index contributed by atoms with van der Waals surface area (Å²) in [6.07, 6.45) is 1.74. The monoisotopic (exact) mass is 430 g/mol. The standard InChI is InChI=1S/C21H19FN2O5S/c1-2-28-20(26)16(23)10-12-3-6-14(7-4-12)29-17-8-5-13(9-15(17)22)11-18-19(25)24-21(27)30-18/h3-9,11,16H,2,10,23H2,1H3,(H,24,25,27). The van der Waals surface area contributed by atoms with E-state index in [1.54, 1.807) is 37.3 Å². The molecule has 0 bridgehead atoms. The number of halogens is 1. The fourth-order valence-electron chi connectivity index (χ4n) is 2.67. The third kappa shape index (κ3) is 5.46. The van der Waals surface area contributed by atoms with Crippen molar-refractivity contribution >= 4 is 35.0 Å². The molecule has 0 aromatic heterocycles. The Morgan fingerprint density at radius 1 is 1.23 bits per heavy atom. The number of benzene rings is 2. The Bertz CT molecular complexity index is 1010. The lowest BCUT2D eigenvalue weighted by molar-refractivity contribution is -0.144. The predicted molar refractivity (Wildman–Crippen MR) is 110 cm³/mol. The third-order valence-corrected chi connectivity index (χ3v) is 4.90. The van der Waals surface area contributed by atoms with Crippen LogP contribution in [0.1, 0.15) is 18.1 Å². The molecule has 3 rings (SSSR count). The average molecular weight is 430 g/mol. The van der Waals surface area contributed by atoms with E-state index in [-0.39, 0.29) is 17.3 Å². The minimum Gasteiger partial charge on any atom is -0.465 e. The minimum atomic E-state index is -0.758. The van der Waals surface area contributed by atoms with Gasteiger partial charge in [0.25, 0.3) is 11.1 Å². The van der Waals surface area contributed by atoms with E-state index in [1.165, 1.54) is 18.2 Å². The number of carbonyl (C=O) groups is 3. The van der Waals surface area contributed by atoms with Crippen molar-refractivity contribution in [3.63, 3.8) is 0 Å². The third-order valence-electron chi connectivity index (χ3n) is 4.09. The van der Waals surface area contributed by atoms with Crippen molar-refractivity contribution < 1.29 is 28.2 Å². The molecular weight excluding hydrogens is 411 g/mol. The maximum atomic E-state index is 14.4. The van der Waals surface area contributed by atoms with E-state index in [1.807, 2.05) is 0 Å². The Labute approximate surface area is 176 Å². The molecule has 2 aromatic rings. The maximum absolute atomic E-state index is 14.4. The Balaban J connectivity index is 1.65. The summed E-state index contributed by atoms with van der Waals surface area (Å²) in [5, 5.41) is 1.68. The first-order valence-electron chi connectivity index (χ1n) is 9.09. The van der Waals surface area contributed by atoms with Gasteiger partial charge in [-0.05, 0) is 66.6 Å². The zero-order valence-electron chi connectivity index (χ0n) is 16.0. The number of nitrogens with two attached hydrogens (primary N) is 1. The molecule has 9 heteroatoms. The average Bonchev–Trinajstić information content (AvgIpc) is 3.02. The number of hydrogen-bond acceptors (Lipinski definition) is 7. The second kappa shape index (κ2) is 9.55. The molecule has 0 spiro atoms. The normalized spacial score (nSPS) is 15.8. The van der Waals surface area contributed by atoms with Crippen LogP contribution in [0, 0.1) is 5.82 Å². The summed E-state index contributed by atoms with van der Waals surface area (Å²) in [6, 6.07) is 10.2. The number of ether oxygens (including phenoxy) is 2. The van der Waals surface area contributed by atoms with Gasteiger partial charge in [0.15, 0.2) is 11.6 Å². The molecule has 7 nitrogen and oxygen atoms in total. The number of carbonyl (C=O) groups excluding carboxylic acids is 3. The van der Waals surface area contributed by atoms with Gasteiger partial charge in [0, 0.05) is 0 Å². The summed E-state index contributed by atoms with van der Waals surface area (Å²) in [5.74, 6) is -1.17. The molecule has 0 saturated carbocycles. The van der Waals surface area contributed by atoms with Gasteiger partial charge in [0.05, 0.1) is 11.5 Å². The number of nitrogens with one attached hydrogen (secondary N) is 1. The number of hydrogen-bond donors (Lipinski definition) is 2. The first-order valence-corrected chi connectivity index (χ1v) is 9.90. The highest BCUT2D eigenvalue weighted by Crippen LogP contribution is 2.29. The minimum absolute atomic E-state index is 0.00716. The van der Waals surface area contributed by atoms with E-state index in [9.17, 15) is 18.8 Å². The van der Waals surface area contributed by atoms with Crippen LogP contribution >= 0.6 is 11.8 Å². The zero-order chi connectivity index (χ0) is 21.7. The second-order valence-corrected chi connectivity index (χ2v) is 7.37. The molecule has 1 saturated heterocycles. The zero-order valence-corrected chi connectivity index (χ0v) is 16.8. The van der Waals surface area contributed by atoms with Crippen LogP contribution in [0.2, 0.25) is 0 Å². The highest BCUT2D eigenvalue weighted by Gasteiger charge is 2.25. The first-order chi connectivity index (χ1) is 14.4. The Morgan fingerprint density at radius 3 is 2.57 bits per heavy atom. The van der Waals surface area contributed by atoms with Crippen molar-refractivity contribution in [2.45, 2.75) is 19.4 Å². The van der Waals surface area contributed by atoms with E-state index < -0.39 is 29.0 Å². The molecule has 2 amide bonds. The SMILES string of the molecule is CCOC(=O)C(N)Cc1ccc(Oc2ccc(C=C3SC(=O)NC3=O)cc2F)cc1. The van der Waals surface area contributed by atoms with Crippen molar-refractivity contribution in [2.24, 2.45) is 5.73 Å². The van der Waals surface area contributed by atoms with Crippen molar-refractivity contribution in [2.75, 3.05) is 6.61 Å². The van der Waals surface area contributed by atoms with Gasteiger partial charge in [-0.15, -0.1) is 0 Å². The molecule has 1 fully saturated rings. The van der Waals surface area contributed by atoms with E-state index in [0.29, 0.717) is 17.7 Å². The lowest BCUT2D eigenvalue weighted by atomic mass is 10.1. The molecule has 2 aromatic carbocycles. The van der Waals surface area contributed by atoms with Crippen molar-refractivity contribution in [1.82, 2.24) is 5.32 Å². The van der Waals surface area contributed by atoms with Crippen LogP contribution in [-0.2, 0) is 20.7 Å². The van der Waals surface area contributed by atoms with Crippen LogP contribution in [-0.4, -0.2) is 29.8 Å². The summed E-state index contributed by atoms with van der Waals surface area (Å²) in [7, 11) is 0. The highest BCUT2D eigenvalue weighted by atomic mass is 32.2. The molecule has 1 aliphatic rings. The fraction of sp³-hybridized carbons (Fsp3) is 0.190.